The molecule has 7 nitrogen and oxygen atoms in total. The molecule has 1 fully saturated rings. The summed E-state index contributed by atoms with van der Waals surface area (Å²) in [5, 5.41) is 12.0. The molecule has 2 amide bonds. The van der Waals surface area contributed by atoms with E-state index in [0.717, 1.165) is 30.3 Å². The Bertz CT molecular complexity index is 889. The Balaban J connectivity index is 0.00000341. The lowest BCUT2D eigenvalue weighted by Crippen LogP contribution is -2.44. The molecule has 1 aliphatic heterocycles. The summed E-state index contributed by atoms with van der Waals surface area (Å²) < 4.78 is 41.1. The van der Waals surface area contributed by atoms with Crippen LogP contribution in [0.4, 0.5) is 13.2 Å². The molecule has 0 spiro atoms. The van der Waals surface area contributed by atoms with Gasteiger partial charge in [-0.15, -0.1) is 12.4 Å². The minimum atomic E-state index is -4.77. The maximum atomic E-state index is 13.4. The van der Waals surface area contributed by atoms with E-state index < -0.39 is 23.3 Å². The first-order valence-electron chi connectivity index (χ1n) is 9.77. The number of halogens is 4. The number of rotatable bonds is 6. The van der Waals surface area contributed by atoms with Crippen molar-refractivity contribution in [2.45, 2.75) is 32.0 Å². The molecule has 2 heterocycles. The zero-order valence-corrected chi connectivity index (χ0v) is 17.7. The van der Waals surface area contributed by atoms with E-state index in [0.29, 0.717) is 5.69 Å². The van der Waals surface area contributed by atoms with E-state index in [4.69, 9.17) is 0 Å². The number of para-hydroxylation sites is 1. The summed E-state index contributed by atoms with van der Waals surface area (Å²) in [4.78, 5) is 24.6. The van der Waals surface area contributed by atoms with Crippen LogP contribution in [0.3, 0.4) is 0 Å². The molecular formula is C20H25ClF3N5O2. The van der Waals surface area contributed by atoms with Gasteiger partial charge in [-0.1, -0.05) is 18.2 Å². The molecule has 2 atom stereocenters. The van der Waals surface area contributed by atoms with E-state index in [2.05, 4.69) is 21.0 Å². The number of amides is 2. The van der Waals surface area contributed by atoms with Crippen molar-refractivity contribution in [3.63, 3.8) is 0 Å². The number of hydrogen-bond acceptors (Lipinski definition) is 4. The van der Waals surface area contributed by atoms with Gasteiger partial charge >= 0.3 is 6.18 Å². The van der Waals surface area contributed by atoms with E-state index >= 15 is 0 Å². The fraction of sp³-hybridized carbons (Fsp3) is 0.450. The third-order valence-corrected chi connectivity index (χ3v) is 4.95. The summed E-state index contributed by atoms with van der Waals surface area (Å²) in [6.07, 6.45) is -2.25. The SMILES string of the molecule is CC1CC(C(=O)NCCNC(=O)c2cn(-c3ccccc3)nc2C(F)(F)F)CCN1.Cl. The molecule has 0 saturated carbocycles. The van der Waals surface area contributed by atoms with Crippen LogP contribution < -0.4 is 16.0 Å². The highest BCUT2D eigenvalue weighted by atomic mass is 35.5. The number of alkyl halides is 3. The highest BCUT2D eigenvalue weighted by Crippen LogP contribution is 2.31. The fourth-order valence-electron chi connectivity index (χ4n) is 3.43. The Kier molecular flexibility index (Phi) is 8.46. The van der Waals surface area contributed by atoms with Gasteiger partial charge in [0.1, 0.15) is 0 Å². The Morgan fingerprint density at radius 1 is 1.19 bits per heavy atom. The number of nitrogens with one attached hydrogen (secondary N) is 3. The van der Waals surface area contributed by atoms with Crippen LogP contribution >= 0.6 is 12.4 Å². The zero-order valence-electron chi connectivity index (χ0n) is 16.9. The third kappa shape index (κ3) is 6.44. The quantitative estimate of drug-likeness (QED) is 0.579. The molecule has 3 N–H and O–H groups in total. The smallest absolute Gasteiger partial charge is 0.354 e. The second kappa shape index (κ2) is 10.6. The standard InChI is InChI=1S/C20H24F3N5O2.ClH/c1-13-11-14(7-8-24-13)18(29)25-9-10-26-19(30)16-12-28(15-5-3-2-4-6-15)27-17(16)20(21,22)23;/h2-6,12-14,24H,7-11H2,1H3,(H,25,29)(H,26,30);1H. The molecular weight excluding hydrogens is 435 g/mol. The van der Waals surface area contributed by atoms with Gasteiger partial charge in [0.2, 0.25) is 5.91 Å². The van der Waals surface area contributed by atoms with Crippen molar-refractivity contribution in [2.75, 3.05) is 19.6 Å². The molecule has 1 aliphatic rings. The van der Waals surface area contributed by atoms with Gasteiger partial charge in [0.25, 0.3) is 5.91 Å². The summed E-state index contributed by atoms with van der Waals surface area (Å²) >= 11 is 0. The van der Waals surface area contributed by atoms with Crippen LogP contribution in [-0.2, 0) is 11.0 Å². The van der Waals surface area contributed by atoms with Crippen LogP contribution in [0.2, 0.25) is 0 Å². The van der Waals surface area contributed by atoms with Gasteiger partial charge < -0.3 is 16.0 Å². The van der Waals surface area contributed by atoms with Crippen molar-refractivity contribution >= 4 is 24.2 Å². The molecule has 0 radical (unpaired) electrons. The lowest BCUT2D eigenvalue weighted by molar-refractivity contribution is -0.141. The minimum Gasteiger partial charge on any atom is -0.354 e. The summed E-state index contributed by atoms with van der Waals surface area (Å²) in [6, 6.07) is 8.49. The second-order valence-electron chi connectivity index (χ2n) is 7.29. The summed E-state index contributed by atoms with van der Waals surface area (Å²) in [7, 11) is 0. The summed E-state index contributed by atoms with van der Waals surface area (Å²) in [5.74, 6) is -1.10. The first-order valence-corrected chi connectivity index (χ1v) is 9.77. The average Bonchev–Trinajstić information content (AvgIpc) is 3.18. The number of hydrogen-bond donors (Lipinski definition) is 3. The normalized spacial score (nSPS) is 18.7. The predicted octanol–water partition coefficient (Wildman–Crippen LogP) is 2.55. The van der Waals surface area contributed by atoms with Gasteiger partial charge in [-0.2, -0.15) is 18.3 Å². The van der Waals surface area contributed by atoms with Gasteiger partial charge in [0, 0.05) is 31.2 Å². The van der Waals surface area contributed by atoms with E-state index in [9.17, 15) is 22.8 Å². The first-order chi connectivity index (χ1) is 14.3. The van der Waals surface area contributed by atoms with Crippen molar-refractivity contribution in [3.05, 3.63) is 47.8 Å². The maximum absolute atomic E-state index is 13.4. The lowest BCUT2D eigenvalue weighted by Gasteiger charge is -2.27. The lowest BCUT2D eigenvalue weighted by atomic mass is 9.92. The zero-order chi connectivity index (χ0) is 21.7. The monoisotopic (exact) mass is 459 g/mol. The van der Waals surface area contributed by atoms with Crippen LogP contribution in [0, 0.1) is 5.92 Å². The van der Waals surface area contributed by atoms with E-state index in [-0.39, 0.29) is 43.4 Å². The van der Waals surface area contributed by atoms with Crippen LogP contribution in [0.1, 0.15) is 35.8 Å². The van der Waals surface area contributed by atoms with Crippen molar-refractivity contribution in [1.29, 1.82) is 0 Å². The Labute approximate surface area is 184 Å². The molecule has 1 saturated heterocycles. The molecule has 1 aromatic heterocycles. The van der Waals surface area contributed by atoms with Gasteiger partial charge in [0.15, 0.2) is 5.69 Å². The van der Waals surface area contributed by atoms with Gasteiger partial charge in [-0.3, -0.25) is 9.59 Å². The number of piperidine rings is 1. The number of carbonyl (C=O) groups is 2. The predicted molar refractivity (Wildman–Crippen MR) is 111 cm³/mol. The van der Waals surface area contributed by atoms with Crippen molar-refractivity contribution in [3.8, 4) is 5.69 Å². The van der Waals surface area contributed by atoms with E-state index in [1.807, 2.05) is 6.92 Å². The number of nitrogens with zero attached hydrogens (tertiary/aromatic N) is 2. The molecule has 170 valence electrons. The van der Waals surface area contributed by atoms with E-state index in [1.54, 1.807) is 30.3 Å². The van der Waals surface area contributed by atoms with Crippen molar-refractivity contribution in [1.82, 2.24) is 25.7 Å². The molecule has 0 aliphatic carbocycles. The summed E-state index contributed by atoms with van der Waals surface area (Å²) in [5.41, 5.74) is -1.41. The number of benzene rings is 1. The van der Waals surface area contributed by atoms with Crippen molar-refractivity contribution < 1.29 is 22.8 Å². The second-order valence-corrected chi connectivity index (χ2v) is 7.29. The Hall–Kier alpha value is -2.59. The molecule has 2 unspecified atom stereocenters. The Morgan fingerprint density at radius 3 is 2.52 bits per heavy atom. The summed E-state index contributed by atoms with van der Waals surface area (Å²) in [6.45, 7) is 2.92. The van der Waals surface area contributed by atoms with Crippen LogP contribution in [0.25, 0.3) is 5.69 Å². The molecule has 31 heavy (non-hydrogen) atoms. The van der Waals surface area contributed by atoms with E-state index in [1.165, 1.54) is 0 Å². The largest absolute Gasteiger partial charge is 0.435 e. The fourth-order valence-corrected chi connectivity index (χ4v) is 3.43. The molecule has 2 aromatic rings. The first kappa shape index (κ1) is 24.7. The minimum absolute atomic E-state index is 0. The Morgan fingerprint density at radius 2 is 1.87 bits per heavy atom. The van der Waals surface area contributed by atoms with Crippen LogP contribution in [0.5, 0.6) is 0 Å². The highest BCUT2D eigenvalue weighted by Gasteiger charge is 2.39. The van der Waals surface area contributed by atoms with Gasteiger partial charge in [-0.05, 0) is 38.4 Å². The molecule has 0 bridgehead atoms. The molecule has 3 rings (SSSR count). The average molecular weight is 460 g/mol. The topological polar surface area (TPSA) is 88.1 Å². The van der Waals surface area contributed by atoms with Crippen LogP contribution in [0.15, 0.2) is 36.5 Å². The molecule has 1 aromatic carbocycles. The highest BCUT2D eigenvalue weighted by molar-refractivity contribution is 5.95. The number of aromatic nitrogens is 2. The van der Waals surface area contributed by atoms with Gasteiger partial charge in [-0.25, -0.2) is 4.68 Å². The molecule has 11 heteroatoms. The third-order valence-electron chi connectivity index (χ3n) is 4.95. The van der Waals surface area contributed by atoms with Crippen molar-refractivity contribution in [2.24, 2.45) is 5.92 Å². The van der Waals surface area contributed by atoms with Crippen LogP contribution in [-0.4, -0.2) is 47.3 Å². The number of carbonyl (C=O) groups excluding carboxylic acids is 2. The van der Waals surface area contributed by atoms with Gasteiger partial charge in [0.05, 0.1) is 11.3 Å². The maximum Gasteiger partial charge on any atom is 0.435 e.